The van der Waals surface area contributed by atoms with Crippen molar-refractivity contribution in [2.75, 3.05) is 31.1 Å². The largest absolute Gasteiger partial charge is 0.367 e. The highest BCUT2D eigenvalue weighted by atomic mass is 35.5. The van der Waals surface area contributed by atoms with Crippen LogP contribution in [0.2, 0.25) is 5.02 Å². The first-order valence-electron chi connectivity index (χ1n) is 7.92. The van der Waals surface area contributed by atoms with Crippen molar-refractivity contribution in [3.63, 3.8) is 0 Å². The van der Waals surface area contributed by atoms with E-state index < -0.39 is 0 Å². The molecule has 24 heavy (non-hydrogen) atoms. The smallest absolute Gasteiger partial charge is 0.253 e. The van der Waals surface area contributed by atoms with Crippen molar-refractivity contribution in [2.24, 2.45) is 0 Å². The van der Waals surface area contributed by atoms with Crippen molar-refractivity contribution >= 4 is 23.2 Å². The highest BCUT2D eigenvalue weighted by Gasteiger charge is 2.15. The Morgan fingerprint density at radius 1 is 1.21 bits per heavy atom. The maximum absolute atomic E-state index is 14.4. The molecule has 0 spiro atoms. The fourth-order valence-electron chi connectivity index (χ4n) is 2.75. The van der Waals surface area contributed by atoms with Gasteiger partial charge in [0.25, 0.3) is 5.91 Å². The molecule has 0 atom stereocenters. The Bertz CT molecular complexity index is 732. The van der Waals surface area contributed by atoms with Crippen molar-refractivity contribution in [2.45, 2.75) is 6.54 Å². The molecule has 1 amide bonds. The number of benzene rings is 2. The second-order valence-electron chi connectivity index (χ2n) is 5.69. The number of rotatable bonds is 4. The molecule has 126 valence electrons. The summed E-state index contributed by atoms with van der Waals surface area (Å²) >= 11 is 6.00. The van der Waals surface area contributed by atoms with Gasteiger partial charge >= 0.3 is 0 Å². The van der Waals surface area contributed by atoms with E-state index in [9.17, 15) is 9.18 Å². The molecule has 2 aromatic carbocycles. The van der Waals surface area contributed by atoms with E-state index in [2.05, 4.69) is 10.6 Å². The molecule has 1 aliphatic heterocycles. The second-order valence-corrected chi connectivity index (χ2v) is 6.09. The Kier molecular flexibility index (Phi) is 5.33. The van der Waals surface area contributed by atoms with Gasteiger partial charge in [-0.2, -0.15) is 0 Å². The van der Waals surface area contributed by atoms with Gasteiger partial charge in [0.05, 0.1) is 16.3 Å². The van der Waals surface area contributed by atoms with Gasteiger partial charge in [-0.15, -0.1) is 0 Å². The van der Waals surface area contributed by atoms with E-state index >= 15 is 0 Å². The number of anilines is 1. The van der Waals surface area contributed by atoms with Crippen molar-refractivity contribution in [3.05, 3.63) is 64.4 Å². The molecule has 1 heterocycles. The van der Waals surface area contributed by atoms with Crippen molar-refractivity contribution < 1.29 is 9.18 Å². The summed E-state index contributed by atoms with van der Waals surface area (Å²) < 4.78 is 14.4. The molecular weight excluding hydrogens is 329 g/mol. The monoisotopic (exact) mass is 347 g/mol. The van der Waals surface area contributed by atoms with Crippen LogP contribution in [0.25, 0.3) is 0 Å². The SMILES string of the molecule is O=C(NCc1ccc(N2CCNCC2)c(F)c1)c1ccccc1Cl. The van der Waals surface area contributed by atoms with Crippen LogP contribution >= 0.6 is 11.6 Å². The summed E-state index contributed by atoms with van der Waals surface area (Å²) in [5.74, 6) is -0.534. The Balaban J connectivity index is 1.64. The Labute approximate surface area is 145 Å². The lowest BCUT2D eigenvalue weighted by Gasteiger charge is -2.29. The zero-order valence-electron chi connectivity index (χ0n) is 13.2. The van der Waals surface area contributed by atoms with Crippen LogP contribution in [-0.4, -0.2) is 32.1 Å². The first-order valence-corrected chi connectivity index (χ1v) is 8.30. The van der Waals surface area contributed by atoms with Crippen LogP contribution in [0.15, 0.2) is 42.5 Å². The molecular formula is C18H19ClFN3O. The summed E-state index contributed by atoms with van der Waals surface area (Å²) in [6.45, 7) is 3.55. The molecule has 0 bridgehead atoms. The molecule has 0 aromatic heterocycles. The standard InChI is InChI=1S/C18H19ClFN3O/c19-15-4-2-1-3-14(15)18(24)22-12-13-5-6-17(16(20)11-13)23-9-7-21-8-10-23/h1-6,11,21H,7-10,12H2,(H,22,24). The lowest BCUT2D eigenvalue weighted by atomic mass is 10.1. The Morgan fingerprint density at radius 3 is 2.67 bits per heavy atom. The van der Waals surface area contributed by atoms with E-state index in [-0.39, 0.29) is 18.3 Å². The molecule has 1 aliphatic rings. The van der Waals surface area contributed by atoms with E-state index in [1.54, 1.807) is 30.3 Å². The van der Waals surface area contributed by atoms with Crippen LogP contribution in [0.4, 0.5) is 10.1 Å². The highest BCUT2D eigenvalue weighted by Crippen LogP contribution is 2.21. The van der Waals surface area contributed by atoms with Gasteiger partial charge in [0.15, 0.2) is 0 Å². The van der Waals surface area contributed by atoms with E-state index in [1.165, 1.54) is 6.07 Å². The van der Waals surface area contributed by atoms with Gasteiger partial charge in [-0.1, -0.05) is 29.8 Å². The van der Waals surface area contributed by atoms with Gasteiger partial charge in [0.2, 0.25) is 0 Å². The number of carbonyl (C=O) groups is 1. The van der Waals surface area contributed by atoms with Crippen LogP contribution in [0.3, 0.4) is 0 Å². The normalized spacial score (nSPS) is 14.5. The average Bonchev–Trinajstić information content (AvgIpc) is 2.61. The lowest BCUT2D eigenvalue weighted by molar-refractivity contribution is 0.0951. The van der Waals surface area contributed by atoms with Crippen LogP contribution in [0.1, 0.15) is 15.9 Å². The number of hydrogen-bond donors (Lipinski definition) is 2. The zero-order valence-corrected chi connectivity index (χ0v) is 13.9. The van der Waals surface area contributed by atoms with Crippen molar-refractivity contribution in [3.8, 4) is 0 Å². The second kappa shape index (κ2) is 7.64. The third-order valence-corrected chi connectivity index (χ3v) is 4.37. The lowest BCUT2D eigenvalue weighted by Crippen LogP contribution is -2.43. The highest BCUT2D eigenvalue weighted by molar-refractivity contribution is 6.33. The summed E-state index contributed by atoms with van der Waals surface area (Å²) in [6.07, 6.45) is 0. The molecule has 0 unspecified atom stereocenters. The predicted molar refractivity (Wildman–Crippen MR) is 94.1 cm³/mol. The summed E-state index contributed by atoms with van der Waals surface area (Å²) in [5, 5.41) is 6.41. The molecule has 6 heteroatoms. The Hall–Kier alpha value is -2.11. The summed E-state index contributed by atoms with van der Waals surface area (Å²) in [7, 11) is 0. The van der Waals surface area contributed by atoms with E-state index in [4.69, 9.17) is 11.6 Å². The predicted octanol–water partition coefficient (Wildman–Crippen LogP) is 2.82. The van der Waals surface area contributed by atoms with E-state index in [0.29, 0.717) is 21.8 Å². The van der Waals surface area contributed by atoms with Crippen molar-refractivity contribution in [1.82, 2.24) is 10.6 Å². The van der Waals surface area contributed by atoms with E-state index in [0.717, 1.165) is 26.2 Å². The molecule has 0 aliphatic carbocycles. The van der Waals surface area contributed by atoms with E-state index in [1.807, 2.05) is 11.0 Å². The van der Waals surface area contributed by atoms with Crippen LogP contribution in [-0.2, 0) is 6.54 Å². The van der Waals surface area contributed by atoms with Gasteiger partial charge in [-0.05, 0) is 29.8 Å². The maximum Gasteiger partial charge on any atom is 0.253 e. The molecule has 2 aromatic rings. The minimum atomic E-state index is -0.271. The number of carbonyl (C=O) groups excluding carboxylic acids is 1. The van der Waals surface area contributed by atoms with Crippen molar-refractivity contribution in [1.29, 1.82) is 0 Å². The first kappa shape index (κ1) is 16.7. The summed E-state index contributed by atoms with van der Waals surface area (Å²) in [6, 6.07) is 11.9. The summed E-state index contributed by atoms with van der Waals surface area (Å²) in [4.78, 5) is 14.2. The molecule has 0 radical (unpaired) electrons. The average molecular weight is 348 g/mol. The third kappa shape index (κ3) is 3.86. The number of piperazine rings is 1. The first-order chi connectivity index (χ1) is 11.6. The van der Waals surface area contributed by atoms with Crippen LogP contribution < -0.4 is 15.5 Å². The molecule has 0 saturated carbocycles. The number of hydrogen-bond acceptors (Lipinski definition) is 3. The maximum atomic E-state index is 14.4. The molecule has 1 saturated heterocycles. The Morgan fingerprint density at radius 2 is 1.96 bits per heavy atom. The molecule has 3 rings (SSSR count). The fourth-order valence-corrected chi connectivity index (χ4v) is 2.97. The van der Waals surface area contributed by atoms with Crippen LogP contribution in [0.5, 0.6) is 0 Å². The minimum absolute atomic E-state index is 0.253. The topological polar surface area (TPSA) is 44.4 Å². The number of nitrogens with zero attached hydrogens (tertiary/aromatic N) is 1. The number of halogens is 2. The van der Waals surface area contributed by atoms with Crippen LogP contribution in [0, 0.1) is 5.82 Å². The fraction of sp³-hybridized carbons (Fsp3) is 0.278. The minimum Gasteiger partial charge on any atom is -0.367 e. The van der Waals surface area contributed by atoms with Gasteiger partial charge in [-0.3, -0.25) is 4.79 Å². The van der Waals surface area contributed by atoms with Gasteiger partial charge in [-0.25, -0.2) is 4.39 Å². The third-order valence-electron chi connectivity index (χ3n) is 4.04. The van der Waals surface area contributed by atoms with Gasteiger partial charge < -0.3 is 15.5 Å². The van der Waals surface area contributed by atoms with Gasteiger partial charge in [0, 0.05) is 32.7 Å². The zero-order chi connectivity index (χ0) is 16.9. The molecule has 4 nitrogen and oxygen atoms in total. The summed E-state index contributed by atoms with van der Waals surface area (Å²) in [5.41, 5.74) is 1.74. The molecule has 1 fully saturated rings. The quantitative estimate of drug-likeness (QED) is 0.894. The number of amides is 1. The molecule has 2 N–H and O–H groups in total. The number of nitrogens with one attached hydrogen (secondary N) is 2. The van der Waals surface area contributed by atoms with Gasteiger partial charge in [0.1, 0.15) is 5.82 Å².